The van der Waals surface area contributed by atoms with Gasteiger partial charge in [-0.15, -0.1) is 0 Å². The molecule has 6 heteroatoms. The number of benzene rings is 1. The van der Waals surface area contributed by atoms with Crippen LogP contribution in [0.25, 0.3) is 11.0 Å². The van der Waals surface area contributed by atoms with E-state index in [0.717, 1.165) is 24.1 Å². The third kappa shape index (κ3) is 2.92. The van der Waals surface area contributed by atoms with Crippen LogP contribution in [0.5, 0.6) is 0 Å². The van der Waals surface area contributed by atoms with Gasteiger partial charge in [-0.2, -0.15) is 0 Å². The van der Waals surface area contributed by atoms with Crippen LogP contribution in [0.2, 0.25) is 0 Å². The second kappa shape index (κ2) is 5.94. The lowest BCUT2D eigenvalue weighted by Crippen LogP contribution is -2.45. The molecule has 1 saturated heterocycles. The standard InChI is InChI=1S/C14H16N4O2/c19-14(17-8-10-7-15-5-6-20-10)13-9-16-11-3-1-2-4-12(11)18-13/h1-4,9-10,15H,5-8H2,(H,17,19). The van der Waals surface area contributed by atoms with Crippen LogP contribution in [0.1, 0.15) is 10.5 Å². The first-order valence-electron chi connectivity index (χ1n) is 6.65. The Morgan fingerprint density at radius 1 is 1.40 bits per heavy atom. The van der Waals surface area contributed by atoms with Gasteiger partial charge in [0, 0.05) is 19.6 Å². The summed E-state index contributed by atoms with van der Waals surface area (Å²) in [6.45, 7) is 2.76. The highest BCUT2D eigenvalue weighted by Crippen LogP contribution is 2.08. The molecule has 3 rings (SSSR count). The number of fused-ring (bicyclic) bond motifs is 1. The number of carbonyl (C=O) groups excluding carboxylic acids is 1. The molecule has 0 spiro atoms. The Morgan fingerprint density at radius 3 is 3.05 bits per heavy atom. The minimum atomic E-state index is -0.225. The zero-order valence-electron chi connectivity index (χ0n) is 11.0. The first kappa shape index (κ1) is 13.0. The van der Waals surface area contributed by atoms with Gasteiger partial charge in [0.05, 0.1) is 29.9 Å². The van der Waals surface area contributed by atoms with Crippen molar-refractivity contribution in [1.29, 1.82) is 0 Å². The lowest BCUT2D eigenvalue weighted by molar-refractivity contribution is 0.0286. The number of amides is 1. The molecule has 1 amide bonds. The third-order valence-corrected chi connectivity index (χ3v) is 3.18. The van der Waals surface area contributed by atoms with Gasteiger partial charge in [0.15, 0.2) is 0 Å². The quantitative estimate of drug-likeness (QED) is 0.843. The normalized spacial score (nSPS) is 18.9. The van der Waals surface area contributed by atoms with Crippen molar-refractivity contribution in [2.24, 2.45) is 0 Å². The molecule has 6 nitrogen and oxygen atoms in total. The predicted octanol–water partition coefficient (Wildman–Crippen LogP) is 0.348. The molecule has 2 aromatic rings. The fraction of sp³-hybridized carbons (Fsp3) is 0.357. The van der Waals surface area contributed by atoms with Crippen molar-refractivity contribution in [3.8, 4) is 0 Å². The van der Waals surface area contributed by atoms with E-state index in [9.17, 15) is 4.79 Å². The first-order valence-corrected chi connectivity index (χ1v) is 6.65. The molecule has 1 aliphatic heterocycles. The molecule has 2 heterocycles. The smallest absolute Gasteiger partial charge is 0.271 e. The van der Waals surface area contributed by atoms with E-state index in [4.69, 9.17) is 4.74 Å². The van der Waals surface area contributed by atoms with Crippen LogP contribution in [0.4, 0.5) is 0 Å². The summed E-state index contributed by atoms with van der Waals surface area (Å²) in [5, 5.41) is 6.05. The van der Waals surface area contributed by atoms with E-state index in [-0.39, 0.29) is 12.0 Å². The van der Waals surface area contributed by atoms with Gasteiger partial charge in [-0.3, -0.25) is 9.78 Å². The Bertz CT molecular complexity index is 611. The van der Waals surface area contributed by atoms with Crippen molar-refractivity contribution in [1.82, 2.24) is 20.6 Å². The fourth-order valence-corrected chi connectivity index (χ4v) is 2.11. The monoisotopic (exact) mass is 272 g/mol. The molecule has 20 heavy (non-hydrogen) atoms. The number of morpholine rings is 1. The van der Waals surface area contributed by atoms with Gasteiger partial charge in [0.2, 0.25) is 0 Å². The van der Waals surface area contributed by atoms with Crippen LogP contribution in [-0.4, -0.2) is 48.2 Å². The van der Waals surface area contributed by atoms with Gasteiger partial charge in [-0.05, 0) is 12.1 Å². The second-order valence-corrected chi connectivity index (χ2v) is 4.65. The van der Waals surface area contributed by atoms with Crippen molar-refractivity contribution in [3.63, 3.8) is 0 Å². The molecule has 1 unspecified atom stereocenters. The number of hydrogen-bond acceptors (Lipinski definition) is 5. The first-order chi connectivity index (χ1) is 9.83. The van der Waals surface area contributed by atoms with E-state index < -0.39 is 0 Å². The number of nitrogens with zero attached hydrogens (tertiary/aromatic N) is 2. The second-order valence-electron chi connectivity index (χ2n) is 4.65. The predicted molar refractivity (Wildman–Crippen MR) is 74.5 cm³/mol. The molecule has 0 bridgehead atoms. The molecule has 0 saturated carbocycles. The minimum Gasteiger partial charge on any atom is -0.374 e. The average Bonchev–Trinajstić information content (AvgIpc) is 2.53. The van der Waals surface area contributed by atoms with E-state index in [2.05, 4.69) is 20.6 Å². The zero-order chi connectivity index (χ0) is 13.8. The van der Waals surface area contributed by atoms with Crippen molar-refractivity contribution in [2.75, 3.05) is 26.2 Å². The summed E-state index contributed by atoms with van der Waals surface area (Å²) in [7, 11) is 0. The molecule has 1 aromatic heterocycles. The number of hydrogen-bond donors (Lipinski definition) is 2. The summed E-state index contributed by atoms with van der Waals surface area (Å²) >= 11 is 0. The number of para-hydroxylation sites is 2. The number of nitrogens with one attached hydrogen (secondary N) is 2. The number of rotatable bonds is 3. The zero-order valence-corrected chi connectivity index (χ0v) is 11.0. The highest BCUT2D eigenvalue weighted by atomic mass is 16.5. The minimum absolute atomic E-state index is 0.0149. The van der Waals surface area contributed by atoms with E-state index in [1.54, 1.807) is 0 Å². The van der Waals surface area contributed by atoms with E-state index in [1.165, 1.54) is 6.20 Å². The number of carbonyl (C=O) groups is 1. The van der Waals surface area contributed by atoms with Crippen LogP contribution >= 0.6 is 0 Å². The molecule has 1 atom stereocenters. The highest BCUT2D eigenvalue weighted by Gasteiger charge is 2.15. The maximum Gasteiger partial charge on any atom is 0.271 e. The summed E-state index contributed by atoms with van der Waals surface area (Å²) in [6.07, 6.45) is 1.51. The van der Waals surface area contributed by atoms with Gasteiger partial charge < -0.3 is 15.4 Å². The highest BCUT2D eigenvalue weighted by molar-refractivity contribution is 5.93. The van der Waals surface area contributed by atoms with Crippen molar-refractivity contribution >= 4 is 16.9 Å². The lowest BCUT2D eigenvalue weighted by Gasteiger charge is -2.23. The van der Waals surface area contributed by atoms with Gasteiger partial charge in [0.1, 0.15) is 5.69 Å². The maximum atomic E-state index is 12.0. The van der Waals surface area contributed by atoms with Crippen LogP contribution in [0.3, 0.4) is 0 Å². The molecular weight excluding hydrogens is 256 g/mol. The average molecular weight is 272 g/mol. The van der Waals surface area contributed by atoms with Crippen molar-refractivity contribution in [3.05, 3.63) is 36.2 Å². The van der Waals surface area contributed by atoms with E-state index >= 15 is 0 Å². The fourth-order valence-electron chi connectivity index (χ4n) is 2.11. The molecule has 0 radical (unpaired) electrons. The Labute approximate surface area is 116 Å². The molecular formula is C14H16N4O2. The lowest BCUT2D eigenvalue weighted by atomic mass is 10.2. The SMILES string of the molecule is O=C(NCC1CNCCO1)c1cnc2ccccc2n1. The Morgan fingerprint density at radius 2 is 2.25 bits per heavy atom. The molecule has 0 aliphatic carbocycles. The number of ether oxygens (including phenoxy) is 1. The largest absolute Gasteiger partial charge is 0.374 e. The Balaban J connectivity index is 1.65. The van der Waals surface area contributed by atoms with Crippen LogP contribution < -0.4 is 10.6 Å². The van der Waals surface area contributed by atoms with E-state index in [0.29, 0.717) is 18.8 Å². The molecule has 104 valence electrons. The Kier molecular flexibility index (Phi) is 3.85. The Hall–Kier alpha value is -2.05. The molecule has 1 aliphatic rings. The van der Waals surface area contributed by atoms with Crippen LogP contribution in [0, 0.1) is 0 Å². The van der Waals surface area contributed by atoms with Crippen molar-refractivity contribution in [2.45, 2.75) is 6.10 Å². The van der Waals surface area contributed by atoms with Gasteiger partial charge in [-0.1, -0.05) is 12.1 Å². The molecule has 1 fully saturated rings. The van der Waals surface area contributed by atoms with Crippen molar-refractivity contribution < 1.29 is 9.53 Å². The number of aromatic nitrogens is 2. The van der Waals surface area contributed by atoms with E-state index in [1.807, 2.05) is 24.3 Å². The van der Waals surface area contributed by atoms with Crippen LogP contribution in [0.15, 0.2) is 30.5 Å². The summed E-state index contributed by atoms with van der Waals surface area (Å²) in [4.78, 5) is 20.6. The topological polar surface area (TPSA) is 76.1 Å². The maximum absolute atomic E-state index is 12.0. The van der Waals surface area contributed by atoms with Gasteiger partial charge in [-0.25, -0.2) is 4.98 Å². The van der Waals surface area contributed by atoms with Gasteiger partial charge >= 0.3 is 0 Å². The summed E-state index contributed by atoms with van der Waals surface area (Å²) < 4.78 is 5.52. The third-order valence-electron chi connectivity index (χ3n) is 3.18. The molecule has 1 aromatic carbocycles. The summed E-state index contributed by atoms with van der Waals surface area (Å²) in [6, 6.07) is 7.48. The summed E-state index contributed by atoms with van der Waals surface area (Å²) in [5.74, 6) is -0.225. The van der Waals surface area contributed by atoms with Gasteiger partial charge in [0.25, 0.3) is 5.91 Å². The van der Waals surface area contributed by atoms with Crippen LogP contribution in [-0.2, 0) is 4.74 Å². The summed E-state index contributed by atoms with van der Waals surface area (Å²) in [5.41, 5.74) is 1.83. The molecule has 2 N–H and O–H groups in total.